The van der Waals surface area contributed by atoms with Crippen molar-refractivity contribution in [2.24, 2.45) is 17.6 Å². The minimum atomic E-state index is -0.754. The summed E-state index contributed by atoms with van der Waals surface area (Å²) in [5.41, 5.74) is 14.0. The van der Waals surface area contributed by atoms with Crippen LogP contribution in [0, 0.1) is 11.8 Å². The number of nitrogens with one attached hydrogen (secondary N) is 2. The number of benzene rings is 1. The standard InChI is InChI=1S/C38H51ClN10O3S/c1-38(41)12-19-49(20-13-38)31-22-43-37(34(40)45-31)53-29-4-2-3-28(33(29)39)44-35(51)25-10-15-47(16-11-25)23-24-8-17-48(18-9-24)30-21-26(7-14-42-30)27-5-6-32(50)46-36(27)52/h2-4,7,14,21-22,24-25,27,32,50H,5-6,8-13,15-20,23,41H2,1H3,(H2,40,45)(H,44,51)(H,46,52). The Labute approximate surface area is 320 Å². The molecule has 7 N–H and O–H groups in total. The number of aromatic nitrogens is 3. The fourth-order valence-electron chi connectivity index (χ4n) is 7.91. The average molecular weight is 763 g/mol. The van der Waals surface area contributed by atoms with E-state index in [2.05, 4.69) is 47.2 Å². The molecule has 0 bridgehead atoms. The first kappa shape index (κ1) is 37.6. The zero-order valence-corrected chi connectivity index (χ0v) is 31.9. The highest BCUT2D eigenvalue weighted by Crippen LogP contribution is 2.39. The molecule has 0 radical (unpaired) electrons. The third kappa shape index (κ3) is 9.17. The predicted molar refractivity (Wildman–Crippen MR) is 209 cm³/mol. The highest BCUT2D eigenvalue weighted by Gasteiger charge is 2.31. The molecule has 4 aliphatic rings. The van der Waals surface area contributed by atoms with E-state index in [4.69, 9.17) is 23.1 Å². The molecule has 2 unspecified atom stereocenters. The van der Waals surface area contributed by atoms with Crippen LogP contribution in [-0.4, -0.2) is 94.4 Å². The number of aliphatic hydroxyl groups is 1. The second-order valence-corrected chi connectivity index (χ2v) is 16.8. The lowest BCUT2D eigenvalue weighted by molar-refractivity contribution is -0.128. The minimum Gasteiger partial charge on any atom is -0.381 e. The topological polar surface area (TPSA) is 179 Å². The largest absolute Gasteiger partial charge is 0.381 e. The lowest BCUT2D eigenvalue weighted by Crippen LogP contribution is -2.48. The van der Waals surface area contributed by atoms with Gasteiger partial charge in [-0.3, -0.25) is 9.59 Å². The summed E-state index contributed by atoms with van der Waals surface area (Å²) in [6, 6.07) is 9.55. The van der Waals surface area contributed by atoms with E-state index < -0.39 is 6.23 Å². The van der Waals surface area contributed by atoms with E-state index in [1.807, 2.05) is 30.3 Å². The SMILES string of the molecule is CC1(N)CCN(c2cnc(Sc3cccc(NC(=O)C4CCN(CC5CCN(c6cc(C7CCC(O)NC7=O)ccn6)CC5)CC4)c3Cl)c(N)n2)CC1. The fraction of sp³-hybridized carbons (Fsp3) is 0.553. The Balaban J connectivity index is 0.861. The van der Waals surface area contributed by atoms with Crippen molar-refractivity contribution in [1.29, 1.82) is 0 Å². The molecule has 284 valence electrons. The molecule has 0 saturated carbocycles. The number of rotatable bonds is 9. The smallest absolute Gasteiger partial charge is 0.229 e. The van der Waals surface area contributed by atoms with Crippen molar-refractivity contribution < 1.29 is 14.7 Å². The molecule has 13 nitrogen and oxygen atoms in total. The second kappa shape index (κ2) is 16.4. The monoisotopic (exact) mass is 762 g/mol. The quantitative estimate of drug-likeness (QED) is 0.207. The van der Waals surface area contributed by atoms with Crippen LogP contribution in [-0.2, 0) is 9.59 Å². The minimum absolute atomic E-state index is 0.00241. The van der Waals surface area contributed by atoms with Gasteiger partial charge in [-0.1, -0.05) is 29.4 Å². The Bertz CT molecular complexity index is 1770. The van der Waals surface area contributed by atoms with Crippen molar-refractivity contribution in [1.82, 2.24) is 25.2 Å². The van der Waals surface area contributed by atoms with Crippen LogP contribution in [0.5, 0.6) is 0 Å². The first-order valence-electron chi connectivity index (χ1n) is 18.9. The van der Waals surface area contributed by atoms with Gasteiger partial charge in [0.15, 0.2) is 5.82 Å². The van der Waals surface area contributed by atoms with Gasteiger partial charge in [0, 0.05) is 55.3 Å². The molecule has 2 aromatic heterocycles. The number of likely N-dealkylation sites (tertiary alicyclic amines) is 1. The van der Waals surface area contributed by atoms with Gasteiger partial charge in [0.05, 0.1) is 22.8 Å². The molecule has 6 heterocycles. The number of piperidine rings is 4. The molecule has 4 saturated heterocycles. The summed E-state index contributed by atoms with van der Waals surface area (Å²) < 4.78 is 0. The molecule has 2 amide bonds. The summed E-state index contributed by atoms with van der Waals surface area (Å²) in [7, 11) is 0. The van der Waals surface area contributed by atoms with Crippen LogP contribution < -0.4 is 31.9 Å². The van der Waals surface area contributed by atoms with Crippen LogP contribution in [0.4, 0.5) is 23.1 Å². The second-order valence-electron chi connectivity index (χ2n) is 15.4. The molecule has 4 fully saturated rings. The third-order valence-corrected chi connectivity index (χ3v) is 12.9. The molecule has 53 heavy (non-hydrogen) atoms. The van der Waals surface area contributed by atoms with Gasteiger partial charge in [0.25, 0.3) is 0 Å². The van der Waals surface area contributed by atoms with Crippen molar-refractivity contribution in [3.63, 3.8) is 0 Å². The van der Waals surface area contributed by atoms with E-state index in [1.165, 1.54) is 11.8 Å². The number of carbonyl (C=O) groups is 2. The number of aliphatic hydroxyl groups excluding tert-OH is 1. The zero-order chi connectivity index (χ0) is 37.1. The lowest BCUT2D eigenvalue weighted by atomic mass is 9.90. The normalized spacial score (nSPS) is 23.1. The Kier molecular flexibility index (Phi) is 11.6. The van der Waals surface area contributed by atoms with E-state index in [0.717, 1.165) is 106 Å². The van der Waals surface area contributed by atoms with E-state index in [-0.39, 0.29) is 29.2 Å². The van der Waals surface area contributed by atoms with Gasteiger partial charge < -0.3 is 41.9 Å². The van der Waals surface area contributed by atoms with Gasteiger partial charge in [-0.25, -0.2) is 15.0 Å². The maximum Gasteiger partial charge on any atom is 0.229 e. The number of nitrogens with zero attached hydrogens (tertiary/aromatic N) is 6. The number of halogens is 1. The summed E-state index contributed by atoms with van der Waals surface area (Å²) in [5, 5.41) is 16.5. The highest BCUT2D eigenvalue weighted by molar-refractivity contribution is 7.99. The molecule has 15 heteroatoms. The molecule has 2 atom stereocenters. The van der Waals surface area contributed by atoms with Gasteiger partial charge >= 0.3 is 0 Å². The number of amides is 2. The van der Waals surface area contributed by atoms with Crippen molar-refractivity contribution in [3.05, 3.63) is 53.3 Å². The van der Waals surface area contributed by atoms with Crippen molar-refractivity contribution in [3.8, 4) is 0 Å². The van der Waals surface area contributed by atoms with Crippen LogP contribution in [0.2, 0.25) is 5.02 Å². The Morgan fingerprint density at radius 2 is 1.75 bits per heavy atom. The third-order valence-electron chi connectivity index (χ3n) is 11.3. The van der Waals surface area contributed by atoms with E-state index in [1.54, 1.807) is 12.4 Å². The summed E-state index contributed by atoms with van der Waals surface area (Å²) in [5.74, 6) is 2.14. The van der Waals surface area contributed by atoms with Crippen LogP contribution in [0.1, 0.15) is 69.8 Å². The van der Waals surface area contributed by atoms with Crippen LogP contribution >= 0.6 is 23.4 Å². The molecule has 0 spiro atoms. The van der Waals surface area contributed by atoms with E-state index >= 15 is 0 Å². The van der Waals surface area contributed by atoms with Gasteiger partial charge in [0.1, 0.15) is 22.9 Å². The zero-order valence-electron chi connectivity index (χ0n) is 30.3. The lowest BCUT2D eigenvalue weighted by Gasteiger charge is -2.38. The van der Waals surface area contributed by atoms with E-state index in [0.29, 0.717) is 40.3 Å². The maximum absolute atomic E-state index is 13.4. The summed E-state index contributed by atoms with van der Waals surface area (Å²) in [4.78, 5) is 47.4. The molecule has 4 aliphatic heterocycles. The van der Waals surface area contributed by atoms with Crippen molar-refractivity contribution >= 4 is 58.3 Å². The molecule has 1 aromatic carbocycles. The first-order chi connectivity index (χ1) is 25.5. The number of pyridine rings is 1. The number of hydrogen-bond donors (Lipinski definition) is 5. The molecular formula is C38H51ClN10O3S. The van der Waals surface area contributed by atoms with Gasteiger partial charge in [-0.05, 0) is 107 Å². The number of carbonyl (C=O) groups excluding carboxylic acids is 2. The Hall–Kier alpha value is -3.69. The molecule has 0 aliphatic carbocycles. The average Bonchev–Trinajstić information content (AvgIpc) is 3.14. The Morgan fingerprint density at radius 1 is 1.02 bits per heavy atom. The van der Waals surface area contributed by atoms with Crippen LogP contribution in [0.25, 0.3) is 0 Å². The predicted octanol–water partition coefficient (Wildman–Crippen LogP) is 4.46. The van der Waals surface area contributed by atoms with Crippen molar-refractivity contribution in [2.75, 3.05) is 66.7 Å². The fourth-order valence-corrected chi connectivity index (χ4v) is 9.01. The summed E-state index contributed by atoms with van der Waals surface area (Å²) >= 11 is 8.16. The van der Waals surface area contributed by atoms with Gasteiger partial charge in [0.2, 0.25) is 11.8 Å². The Morgan fingerprint density at radius 3 is 2.47 bits per heavy atom. The number of hydrogen-bond acceptors (Lipinski definition) is 12. The maximum atomic E-state index is 13.4. The molecule has 3 aromatic rings. The first-order valence-corrected chi connectivity index (χ1v) is 20.1. The summed E-state index contributed by atoms with van der Waals surface area (Å²) in [6.45, 7) is 8.36. The van der Waals surface area contributed by atoms with E-state index in [9.17, 15) is 14.7 Å². The van der Waals surface area contributed by atoms with Crippen molar-refractivity contribution in [2.45, 2.75) is 85.9 Å². The molecule has 7 rings (SSSR count). The van der Waals surface area contributed by atoms with Gasteiger partial charge in [-0.2, -0.15) is 0 Å². The number of anilines is 4. The highest BCUT2D eigenvalue weighted by atomic mass is 35.5. The van der Waals surface area contributed by atoms with Crippen LogP contribution in [0.3, 0.4) is 0 Å². The summed E-state index contributed by atoms with van der Waals surface area (Å²) in [6.07, 6.45) is 9.49. The van der Waals surface area contributed by atoms with Crippen LogP contribution in [0.15, 0.2) is 52.6 Å². The number of nitrogen functional groups attached to an aromatic ring is 1. The van der Waals surface area contributed by atoms with Gasteiger partial charge in [-0.15, -0.1) is 0 Å². The molecular weight excluding hydrogens is 712 g/mol. The number of nitrogens with two attached hydrogens (primary N) is 2.